The van der Waals surface area contributed by atoms with Crippen molar-refractivity contribution in [2.75, 3.05) is 6.61 Å². The van der Waals surface area contributed by atoms with Gasteiger partial charge in [-0.2, -0.15) is 0 Å². The molecule has 0 spiro atoms. The Morgan fingerprint density at radius 1 is 0.807 bits per heavy atom. The summed E-state index contributed by atoms with van der Waals surface area (Å²) in [5.41, 5.74) is 3.82. The topological polar surface area (TPSA) is 92.8 Å². The number of hydrogen-bond acceptors (Lipinski definition) is 7. The molecule has 5 aromatic carbocycles. The van der Waals surface area contributed by atoms with Gasteiger partial charge in [0, 0.05) is 22.7 Å². The van der Waals surface area contributed by atoms with Crippen LogP contribution in [0.25, 0.3) is 38.9 Å². The number of benzene rings is 5. The Labute approximate surface area is 347 Å². The van der Waals surface area contributed by atoms with Crippen molar-refractivity contribution in [2.24, 2.45) is 0 Å². The minimum atomic E-state index is -2.89. The van der Waals surface area contributed by atoms with Gasteiger partial charge in [0.25, 0.3) is 8.32 Å². The van der Waals surface area contributed by atoms with Crippen molar-refractivity contribution in [3.8, 4) is 28.2 Å². The van der Waals surface area contributed by atoms with Crippen molar-refractivity contribution in [1.82, 2.24) is 9.55 Å². The molecule has 10 heteroatoms. The van der Waals surface area contributed by atoms with Crippen LogP contribution in [0.3, 0.4) is 0 Å². The summed E-state index contributed by atoms with van der Waals surface area (Å²) in [7, 11) is -2.89. The lowest BCUT2D eigenvalue weighted by Gasteiger charge is -2.42. The summed E-state index contributed by atoms with van der Waals surface area (Å²) in [6.45, 7) is 10.6. The minimum absolute atomic E-state index is 0.127. The standard InChI is InChI=1S/C47H43IN2O6Si/c1-6-35(32-19-11-8-12-20-32)45(51)56-44-37(26-17-27-39(44)48)36-25-18-28-40-43(36)38(30-50(40)46(52)53-7-2)41-29-49-42(55-41)31-54-57(47(3,4)5,33-21-13-9-14-22-33)34-23-15-10-16-24-34/h6,8-30H,7,31H2,1-5H3/b35-6+. The zero-order chi connectivity index (χ0) is 40.2. The number of rotatable bonds is 11. The van der Waals surface area contributed by atoms with E-state index >= 15 is 0 Å². The van der Waals surface area contributed by atoms with E-state index in [4.69, 9.17) is 23.3 Å². The molecule has 0 unspecified atom stereocenters. The monoisotopic (exact) mass is 886 g/mol. The van der Waals surface area contributed by atoms with E-state index in [1.807, 2.05) is 85.8 Å². The van der Waals surface area contributed by atoms with E-state index in [0.29, 0.717) is 45.0 Å². The summed E-state index contributed by atoms with van der Waals surface area (Å²) in [4.78, 5) is 31.9. The molecular formula is C47H43IN2O6Si. The summed E-state index contributed by atoms with van der Waals surface area (Å²) in [5, 5.41) is 2.76. The molecule has 2 heterocycles. The number of carbonyl (C=O) groups is 2. The Balaban J connectivity index is 1.32. The SMILES string of the molecule is C/C=C(/C(=O)Oc1c(I)cccc1-c1cccc2c1c(-c1cnc(CO[Si](c3ccccc3)(c3ccccc3)C(C)(C)C)o1)cn2C(=O)OCC)c1ccccc1. The Kier molecular flexibility index (Phi) is 11.8. The van der Waals surface area contributed by atoms with Gasteiger partial charge in [0.1, 0.15) is 6.61 Å². The van der Waals surface area contributed by atoms with Gasteiger partial charge in [-0.15, -0.1) is 0 Å². The predicted molar refractivity (Wildman–Crippen MR) is 236 cm³/mol. The second-order valence-corrected chi connectivity index (χ2v) is 19.9. The largest absolute Gasteiger partial charge is 0.449 e. The first-order valence-corrected chi connectivity index (χ1v) is 21.8. The molecule has 0 saturated heterocycles. The molecule has 0 radical (unpaired) electrons. The van der Waals surface area contributed by atoms with E-state index in [2.05, 4.69) is 91.9 Å². The molecule has 0 N–H and O–H groups in total. The highest BCUT2D eigenvalue weighted by atomic mass is 127. The van der Waals surface area contributed by atoms with Crippen molar-refractivity contribution < 1.29 is 27.9 Å². The Bertz CT molecular complexity index is 2520. The van der Waals surface area contributed by atoms with Crippen LogP contribution in [0.1, 0.15) is 46.1 Å². The van der Waals surface area contributed by atoms with Crippen molar-refractivity contribution in [3.63, 3.8) is 0 Å². The summed E-state index contributed by atoms with van der Waals surface area (Å²) >= 11 is 2.18. The Morgan fingerprint density at radius 3 is 2.04 bits per heavy atom. The lowest BCUT2D eigenvalue weighted by Crippen LogP contribution is -2.66. The maximum absolute atomic E-state index is 13.8. The summed E-state index contributed by atoms with van der Waals surface area (Å²) in [6.07, 6.45) is 4.60. The van der Waals surface area contributed by atoms with Gasteiger partial charge in [-0.25, -0.2) is 14.6 Å². The van der Waals surface area contributed by atoms with Crippen LogP contribution in [0.15, 0.2) is 150 Å². The third kappa shape index (κ3) is 7.77. The van der Waals surface area contributed by atoms with Gasteiger partial charge in [-0.05, 0) is 75.1 Å². The molecule has 0 amide bonds. The van der Waals surface area contributed by atoms with E-state index in [1.54, 1.807) is 25.4 Å². The number of esters is 1. The number of aromatic nitrogens is 2. The fourth-order valence-electron chi connectivity index (χ4n) is 7.47. The van der Waals surface area contributed by atoms with Gasteiger partial charge in [-0.1, -0.05) is 142 Å². The summed E-state index contributed by atoms with van der Waals surface area (Å²) in [6, 6.07) is 41.7. The molecule has 2 aromatic heterocycles. The molecule has 0 aliphatic carbocycles. The number of para-hydroxylation sites is 1. The van der Waals surface area contributed by atoms with E-state index < -0.39 is 20.4 Å². The molecule has 288 valence electrons. The summed E-state index contributed by atoms with van der Waals surface area (Å²) < 4.78 is 27.6. The van der Waals surface area contributed by atoms with E-state index in [9.17, 15) is 9.59 Å². The lowest BCUT2D eigenvalue weighted by molar-refractivity contribution is -0.127. The predicted octanol–water partition coefficient (Wildman–Crippen LogP) is 10.7. The number of halogens is 1. The normalized spacial score (nSPS) is 12.1. The van der Waals surface area contributed by atoms with Crippen LogP contribution < -0.4 is 15.1 Å². The molecule has 8 nitrogen and oxygen atoms in total. The minimum Gasteiger partial charge on any atom is -0.449 e. The number of allylic oxidation sites excluding steroid dienone is 1. The van der Waals surface area contributed by atoms with Crippen LogP contribution >= 0.6 is 22.6 Å². The molecule has 0 saturated carbocycles. The number of ether oxygens (including phenoxy) is 2. The second kappa shape index (κ2) is 16.9. The third-order valence-electron chi connectivity index (χ3n) is 9.99. The molecule has 7 aromatic rings. The van der Waals surface area contributed by atoms with Gasteiger partial charge in [0.05, 0.1) is 27.5 Å². The summed E-state index contributed by atoms with van der Waals surface area (Å²) in [5.74, 6) is 0.765. The van der Waals surface area contributed by atoms with Gasteiger partial charge >= 0.3 is 12.1 Å². The van der Waals surface area contributed by atoms with Gasteiger partial charge < -0.3 is 18.3 Å². The van der Waals surface area contributed by atoms with Crippen LogP contribution in [0, 0.1) is 3.57 Å². The van der Waals surface area contributed by atoms with Gasteiger partial charge in [-0.3, -0.25) is 4.57 Å². The molecule has 0 bridgehead atoms. The van der Waals surface area contributed by atoms with Gasteiger partial charge in [0.2, 0.25) is 5.89 Å². The highest BCUT2D eigenvalue weighted by Crippen LogP contribution is 2.44. The van der Waals surface area contributed by atoms with Crippen LogP contribution in [0.4, 0.5) is 4.79 Å². The highest BCUT2D eigenvalue weighted by Gasteiger charge is 2.50. The third-order valence-corrected chi connectivity index (χ3v) is 15.8. The highest BCUT2D eigenvalue weighted by molar-refractivity contribution is 14.1. The smallest absolute Gasteiger partial charge is 0.418 e. The zero-order valence-electron chi connectivity index (χ0n) is 32.5. The van der Waals surface area contributed by atoms with E-state index in [0.717, 1.165) is 25.1 Å². The number of hydrogen-bond donors (Lipinski definition) is 0. The van der Waals surface area contributed by atoms with Crippen LogP contribution in [-0.4, -0.2) is 36.5 Å². The molecule has 0 fully saturated rings. The maximum atomic E-state index is 13.8. The quantitative estimate of drug-likeness (QED) is 0.0420. The first kappa shape index (κ1) is 39.7. The molecule has 0 aliphatic heterocycles. The van der Waals surface area contributed by atoms with Crippen molar-refractivity contribution in [3.05, 3.63) is 161 Å². The van der Waals surface area contributed by atoms with Crippen LogP contribution in [0.5, 0.6) is 5.75 Å². The van der Waals surface area contributed by atoms with Crippen molar-refractivity contribution in [1.29, 1.82) is 0 Å². The van der Waals surface area contributed by atoms with Crippen molar-refractivity contribution >= 4 is 69.8 Å². The average molecular weight is 887 g/mol. The fraction of sp³-hybridized carbons (Fsp3) is 0.170. The molecule has 0 aliphatic rings. The molecule has 7 rings (SSSR count). The molecule has 0 atom stereocenters. The van der Waals surface area contributed by atoms with E-state index in [1.165, 1.54) is 4.57 Å². The van der Waals surface area contributed by atoms with Gasteiger partial charge in [0.15, 0.2) is 11.5 Å². The first-order chi connectivity index (χ1) is 27.6. The van der Waals surface area contributed by atoms with Crippen LogP contribution in [0.2, 0.25) is 5.04 Å². The zero-order valence-corrected chi connectivity index (χ0v) is 35.6. The number of carbonyl (C=O) groups excluding carboxylic acids is 2. The average Bonchev–Trinajstić information content (AvgIpc) is 3.85. The number of fused-ring (bicyclic) bond motifs is 1. The first-order valence-electron chi connectivity index (χ1n) is 18.8. The molecule has 57 heavy (non-hydrogen) atoms. The van der Waals surface area contributed by atoms with Crippen LogP contribution in [-0.2, 0) is 20.6 Å². The second-order valence-electron chi connectivity index (χ2n) is 14.5. The number of nitrogens with zero attached hydrogens (tertiary/aromatic N) is 2. The Hall–Kier alpha value is -5.56. The van der Waals surface area contributed by atoms with E-state index in [-0.39, 0.29) is 18.3 Å². The molecular weight excluding hydrogens is 844 g/mol. The number of oxazole rings is 1. The lowest BCUT2D eigenvalue weighted by atomic mass is 9.97. The van der Waals surface area contributed by atoms with Crippen molar-refractivity contribution in [2.45, 2.75) is 46.3 Å². The maximum Gasteiger partial charge on any atom is 0.418 e. The fourth-order valence-corrected chi connectivity index (χ4v) is 12.6. The Morgan fingerprint density at radius 2 is 1.42 bits per heavy atom.